The first-order valence-electron chi connectivity index (χ1n) is 2.57. The molecule has 2 nitrogen and oxygen atoms in total. The Kier molecular flexibility index (Phi) is 8.53. The fourth-order valence-electron chi connectivity index (χ4n) is 0.313. The summed E-state index contributed by atoms with van der Waals surface area (Å²) in [6.45, 7) is 0. The third kappa shape index (κ3) is 8.28. The summed E-state index contributed by atoms with van der Waals surface area (Å²) in [6, 6.07) is 5.72. The molecule has 1 aromatic rings. The van der Waals surface area contributed by atoms with Crippen LogP contribution >= 0.6 is 0 Å². The third-order valence-corrected chi connectivity index (χ3v) is 0.566. The zero-order valence-corrected chi connectivity index (χ0v) is 8.40. The van der Waals surface area contributed by atoms with Gasteiger partial charge in [-0.25, -0.2) is 0 Å². The number of hydrogen-bond acceptors (Lipinski definition) is 2. The quantitative estimate of drug-likeness (QED) is 0.503. The van der Waals surface area contributed by atoms with E-state index in [0.717, 1.165) is 0 Å². The van der Waals surface area contributed by atoms with Gasteiger partial charge in [0.05, 0.1) is 0 Å². The molecule has 0 atom stereocenters. The fraction of sp³-hybridized carbons (Fsp3) is 0. The Morgan fingerprint density at radius 2 is 1.67 bits per heavy atom. The number of nitrogens with zero attached hydrogens (tertiary/aromatic N) is 2. The molecule has 1 heterocycles. The Bertz CT molecular complexity index is 141. The molecule has 0 fully saturated rings. The molecule has 0 bridgehead atoms. The van der Waals surface area contributed by atoms with Crippen LogP contribution in [-0.2, 0) is 0 Å². The summed E-state index contributed by atoms with van der Waals surface area (Å²) in [5.41, 5.74) is 0. The molecule has 3 heteroatoms. The smallest absolute Gasteiger partial charge is 0.0267 e. The van der Waals surface area contributed by atoms with Crippen molar-refractivity contribution in [1.29, 1.82) is 5.26 Å². The van der Waals surface area contributed by atoms with Crippen LogP contribution in [0.4, 0.5) is 0 Å². The van der Waals surface area contributed by atoms with Crippen LogP contribution in [0.15, 0.2) is 30.6 Å². The van der Waals surface area contributed by atoms with Crippen molar-refractivity contribution in [2.75, 3.05) is 0 Å². The van der Waals surface area contributed by atoms with Gasteiger partial charge in [-0.05, 0) is 12.1 Å². The third-order valence-electron chi connectivity index (χ3n) is 0.566. The van der Waals surface area contributed by atoms with Gasteiger partial charge in [-0.15, -0.1) is 0 Å². The normalized spacial score (nSPS) is 6.33. The molecule has 0 saturated heterocycles. The zero-order valence-electron chi connectivity index (χ0n) is 5.28. The second-order valence-corrected chi connectivity index (χ2v) is 1.95. The predicted molar refractivity (Wildman–Crippen MR) is 35.6 cm³/mol. The monoisotopic (exact) mass is 144 g/mol. The van der Waals surface area contributed by atoms with Crippen molar-refractivity contribution in [2.24, 2.45) is 0 Å². The molecule has 9 heavy (non-hydrogen) atoms. The number of pyridine rings is 1. The van der Waals surface area contributed by atoms with Gasteiger partial charge < -0.3 is 0 Å². The topological polar surface area (TPSA) is 36.7 Å². The fourth-order valence-corrected chi connectivity index (χ4v) is 0.313. The second-order valence-electron chi connectivity index (χ2n) is 1.25. The molecule has 0 aliphatic heterocycles. The molecule has 0 N–H and O–H groups in total. The summed E-state index contributed by atoms with van der Waals surface area (Å²) in [4.78, 5) is 3.78. The van der Waals surface area contributed by atoms with Gasteiger partial charge in [0.2, 0.25) is 0 Å². The van der Waals surface area contributed by atoms with Crippen LogP contribution in [0.5, 0.6) is 0 Å². The molecule has 40 valence electrons. The average Bonchev–Trinajstić information content (AvgIpc) is 1.93. The summed E-state index contributed by atoms with van der Waals surface area (Å²) in [7, 11) is 0. The van der Waals surface area contributed by atoms with Gasteiger partial charge in [0.25, 0.3) is 0 Å². The molecule has 0 spiro atoms. The molecule has 0 amide bonds. The number of rotatable bonds is 0. The van der Waals surface area contributed by atoms with E-state index in [1.165, 1.54) is 0 Å². The van der Waals surface area contributed by atoms with Gasteiger partial charge in [0.15, 0.2) is 0 Å². The number of aromatic nitrogens is 1. The molecule has 0 aromatic carbocycles. The minimum absolute atomic E-state index is 0.410. The Labute approximate surface area is 88.5 Å². The zero-order chi connectivity index (χ0) is 6.95. The standard InChI is InChI=1S/C5H5N.CN.K/c1-2-4-6-5-3-1;1-2;/h1-5H;;. The van der Waals surface area contributed by atoms with E-state index in [4.69, 9.17) is 5.26 Å². The molecular weight excluding hydrogens is 139 g/mol. The molecule has 1 rings (SSSR count). The van der Waals surface area contributed by atoms with Gasteiger partial charge in [-0.1, -0.05) is 6.07 Å². The van der Waals surface area contributed by atoms with Crippen LogP contribution in [0.2, 0.25) is 0 Å². The summed E-state index contributed by atoms with van der Waals surface area (Å²) >= 11 is 0.410. The number of hydrogen-bond donors (Lipinski definition) is 0. The number of nitriles is 1. The van der Waals surface area contributed by atoms with Crippen molar-refractivity contribution < 1.29 is 0 Å². The average molecular weight is 144 g/mol. The summed E-state index contributed by atoms with van der Waals surface area (Å²) < 4.78 is 1.94. The van der Waals surface area contributed by atoms with Crippen molar-refractivity contribution >= 4 is 49.0 Å². The maximum Gasteiger partial charge on any atom is 0.0267 e. The van der Waals surface area contributed by atoms with E-state index in [0.29, 0.717) is 49.0 Å². The Morgan fingerprint density at radius 3 is 1.78 bits per heavy atom. The summed E-state index contributed by atoms with van der Waals surface area (Å²) in [5, 5.41) is 7.40. The Morgan fingerprint density at radius 1 is 1.22 bits per heavy atom. The maximum absolute atomic E-state index is 7.40. The molecule has 0 aliphatic carbocycles. The molecular formula is C6H5KN2. The van der Waals surface area contributed by atoms with E-state index in [1.807, 2.05) is 18.4 Å². The van der Waals surface area contributed by atoms with Gasteiger partial charge >= 0.3 is 54.4 Å². The molecule has 0 saturated carbocycles. The molecule has 0 aliphatic rings. The van der Waals surface area contributed by atoms with Crippen molar-refractivity contribution in [3.05, 3.63) is 30.6 Å². The van der Waals surface area contributed by atoms with Crippen molar-refractivity contribution in [3.63, 3.8) is 0 Å². The van der Waals surface area contributed by atoms with Crippen LogP contribution < -0.4 is 0 Å². The maximum atomic E-state index is 7.40. The van der Waals surface area contributed by atoms with Crippen LogP contribution in [0.25, 0.3) is 0 Å². The van der Waals surface area contributed by atoms with E-state index < -0.39 is 0 Å². The first-order chi connectivity index (χ1) is 4.41. The summed E-state index contributed by atoms with van der Waals surface area (Å²) in [5.74, 6) is 0. The minimum Gasteiger partial charge on any atom is -0.265 e. The second kappa shape index (κ2) is 8.28. The Hall–Kier alpha value is 0.276. The van der Waals surface area contributed by atoms with Crippen LogP contribution in [-0.4, -0.2) is 53.9 Å². The molecule has 0 unspecified atom stereocenters. The van der Waals surface area contributed by atoms with E-state index in [9.17, 15) is 0 Å². The van der Waals surface area contributed by atoms with Crippen molar-refractivity contribution in [3.8, 4) is 0.164 Å². The SMILES string of the molecule is N#[C][K].c1ccncc1. The van der Waals surface area contributed by atoms with Crippen LogP contribution in [0.3, 0.4) is 0 Å². The van der Waals surface area contributed by atoms with Crippen molar-refractivity contribution in [1.82, 2.24) is 4.98 Å². The van der Waals surface area contributed by atoms with Gasteiger partial charge in [-0.3, -0.25) is 4.98 Å². The van der Waals surface area contributed by atoms with E-state index >= 15 is 0 Å². The van der Waals surface area contributed by atoms with Gasteiger partial charge in [-0.2, -0.15) is 0 Å². The largest absolute Gasteiger partial charge is 0.265 e. The first-order valence-corrected chi connectivity index (χ1v) is 4.13. The predicted octanol–water partition coefficient (Wildman–Crippen LogP) is 0.718. The molecule has 0 radical (unpaired) electrons. The molecule has 1 aromatic heterocycles. The van der Waals surface area contributed by atoms with Crippen LogP contribution in [0, 0.1) is 5.43 Å². The van der Waals surface area contributed by atoms with Crippen LogP contribution in [0.1, 0.15) is 0 Å². The van der Waals surface area contributed by atoms with E-state index in [2.05, 4.69) is 4.98 Å². The Balaban J connectivity index is 0.000000187. The van der Waals surface area contributed by atoms with Gasteiger partial charge in [0, 0.05) is 12.4 Å². The first kappa shape index (κ1) is 9.28. The van der Waals surface area contributed by atoms with E-state index in [-0.39, 0.29) is 0 Å². The van der Waals surface area contributed by atoms with Crippen molar-refractivity contribution in [2.45, 2.75) is 0 Å². The van der Waals surface area contributed by atoms with Gasteiger partial charge in [0.1, 0.15) is 0 Å². The van der Waals surface area contributed by atoms with E-state index in [1.54, 1.807) is 12.4 Å². The summed E-state index contributed by atoms with van der Waals surface area (Å²) in [6.07, 6.45) is 3.50. The minimum atomic E-state index is 0.410.